The zero-order valence-corrected chi connectivity index (χ0v) is 13.1. The molecule has 5 heteroatoms. The smallest absolute Gasteiger partial charge is 0.242 e. The van der Waals surface area contributed by atoms with Crippen LogP contribution in [0.3, 0.4) is 0 Å². The van der Waals surface area contributed by atoms with Gasteiger partial charge in [-0.15, -0.1) is 0 Å². The molecule has 1 aliphatic carbocycles. The Balaban J connectivity index is 2.10. The molecule has 21 heavy (non-hydrogen) atoms. The molecule has 110 valence electrons. The molecule has 1 fully saturated rings. The zero-order chi connectivity index (χ0) is 14.9. The maximum absolute atomic E-state index is 13.1. The Morgan fingerprint density at radius 1 is 1.19 bits per heavy atom. The molecule has 0 spiro atoms. The average molecular weight is 323 g/mol. The molecule has 0 amide bonds. The Hall–Kier alpha value is -1.32. The number of carbonyl (C=O) groups is 1. The number of halogens is 2. The number of hydrogen-bond donors (Lipinski definition) is 0. The predicted octanol–water partition coefficient (Wildman–Crippen LogP) is 4.73. The third-order valence-corrected chi connectivity index (χ3v) is 4.85. The van der Waals surface area contributed by atoms with E-state index >= 15 is 0 Å². The van der Waals surface area contributed by atoms with Crippen molar-refractivity contribution in [1.82, 2.24) is 9.55 Å². The van der Waals surface area contributed by atoms with Crippen LogP contribution >= 0.6 is 23.2 Å². The van der Waals surface area contributed by atoms with Crippen molar-refractivity contribution in [2.75, 3.05) is 0 Å². The second-order valence-corrected chi connectivity index (χ2v) is 6.39. The van der Waals surface area contributed by atoms with Crippen LogP contribution in [0.5, 0.6) is 0 Å². The highest BCUT2D eigenvalue weighted by molar-refractivity contribution is 6.35. The normalized spacial score (nSPS) is 17.6. The fraction of sp³-hybridized carbons (Fsp3) is 0.375. The molecule has 0 saturated heterocycles. The van der Waals surface area contributed by atoms with Crippen LogP contribution < -0.4 is 0 Å². The molecular weight excluding hydrogens is 307 g/mol. The third-order valence-electron chi connectivity index (χ3n) is 4.30. The fourth-order valence-corrected chi connectivity index (χ4v) is 3.85. The second-order valence-electron chi connectivity index (χ2n) is 5.54. The fourth-order valence-electron chi connectivity index (χ4n) is 3.26. The zero-order valence-electron chi connectivity index (χ0n) is 11.6. The second kappa shape index (κ2) is 5.82. The van der Waals surface area contributed by atoms with Crippen molar-refractivity contribution in [3.8, 4) is 0 Å². The van der Waals surface area contributed by atoms with E-state index in [1.807, 2.05) is 6.07 Å². The van der Waals surface area contributed by atoms with Crippen molar-refractivity contribution >= 4 is 29.1 Å². The van der Waals surface area contributed by atoms with E-state index in [0.29, 0.717) is 10.0 Å². The first-order valence-electron chi connectivity index (χ1n) is 7.12. The highest BCUT2D eigenvalue weighted by atomic mass is 35.5. The van der Waals surface area contributed by atoms with E-state index in [0.717, 1.165) is 37.7 Å². The Bertz CT molecular complexity index is 646. The van der Waals surface area contributed by atoms with Crippen molar-refractivity contribution in [3.63, 3.8) is 0 Å². The number of imidazole rings is 1. The first-order chi connectivity index (χ1) is 10.1. The van der Waals surface area contributed by atoms with Gasteiger partial charge in [0.15, 0.2) is 0 Å². The van der Waals surface area contributed by atoms with Gasteiger partial charge in [0.1, 0.15) is 6.33 Å². The summed E-state index contributed by atoms with van der Waals surface area (Å²) in [7, 11) is 0. The van der Waals surface area contributed by atoms with E-state index < -0.39 is 5.41 Å². The third kappa shape index (κ3) is 2.60. The van der Waals surface area contributed by atoms with E-state index in [4.69, 9.17) is 23.2 Å². The largest absolute Gasteiger partial charge is 0.276 e. The molecule has 0 unspecified atom stereocenters. The minimum atomic E-state index is -0.569. The Labute approximate surface area is 133 Å². The number of benzene rings is 1. The molecule has 1 saturated carbocycles. The molecule has 1 aromatic heterocycles. The first-order valence-corrected chi connectivity index (χ1v) is 7.87. The van der Waals surface area contributed by atoms with Crippen LogP contribution in [0.25, 0.3) is 0 Å². The molecule has 3 nitrogen and oxygen atoms in total. The van der Waals surface area contributed by atoms with Gasteiger partial charge in [0, 0.05) is 22.4 Å². The summed E-state index contributed by atoms with van der Waals surface area (Å²) in [6, 6.07) is 5.42. The molecule has 1 heterocycles. The van der Waals surface area contributed by atoms with E-state index in [9.17, 15) is 4.79 Å². The molecule has 0 N–H and O–H groups in total. The molecule has 2 aromatic rings. The maximum atomic E-state index is 13.1. The van der Waals surface area contributed by atoms with E-state index in [2.05, 4.69) is 4.98 Å². The number of carbonyl (C=O) groups excluding carboxylic acids is 1. The van der Waals surface area contributed by atoms with E-state index in [-0.39, 0.29) is 5.91 Å². The average Bonchev–Trinajstić information content (AvgIpc) is 3.01. The van der Waals surface area contributed by atoms with Crippen molar-refractivity contribution in [2.24, 2.45) is 0 Å². The summed E-state index contributed by atoms with van der Waals surface area (Å²) in [4.78, 5) is 17.0. The van der Waals surface area contributed by atoms with Crippen molar-refractivity contribution in [2.45, 2.75) is 37.5 Å². The number of nitrogens with zero attached hydrogens (tertiary/aromatic N) is 2. The molecule has 1 aromatic carbocycles. The van der Waals surface area contributed by atoms with Gasteiger partial charge in [0.25, 0.3) is 0 Å². The van der Waals surface area contributed by atoms with Crippen molar-refractivity contribution in [1.29, 1.82) is 0 Å². The van der Waals surface area contributed by atoms with Crippen molar-refractivity contribution < 1.29 is 4.79 Å². The molecule has 0 radical (unpaired) electrons. The number of aromatic nitrogens is 2. The standard InChI is InChI=1S/C16H16Cl2N2O/c17-12-4-5-13(14(18)10-12)16(6-2-1-3-7-16)15(21)20-9-8-19-11-20/h4-5,8-11H,1-3,6-7H2. The van der Waals surface area contributed by atoms with Crippen LogP contribution in [0.2, 0.25) is 10.0 Å². The number of rotatable bonds is 2. The summed E-state index contributed by atoms with van der Waals surface area (Å²) < 4.78 is 1.57. The Morgan fingerprint density at radius 3 is 2.57 bits per heavy atom. The van der Waals surface area contributed by atoms with Gasteiger partial charge in [-0.05, 0) is 30.5 Å². The quantitative estimate of drug-likeness (QED) is 0.800. The lowest BCUT2D eigenvalue weighted by atomic mass is 9.68. The maximum Gasteiger partial charge on any atom is 0.242 e. The van der Waals surface area contributed by atoms with Gasteiger partial charge in [-0.2, -0.15) is 0 Å². The molecule has 0 aliphatic heterocycles. The highest BCUT2D eigenvalue weighted by Crippen LogP contribution is 2.44. The lowest BCUT2D eigenvalue weighted by Crippen LogP contribution is -2.41. The van der Waals surface area contributed by atoms with Gasteiger partial charge >= 0.3 is 0 Å². The molecule has 1 aliphatic rings. The predicted molar refractivity (Wildman–Crippen MR) is 84.1 cm³/mol. The van der Waals surface area contributed by atoms with Gasteiger partial charge in [-0.25, -0.2) is 4.98 Å². The first kappa shape index (κ1) is 14.6. The van der Waals surface area contributed by atoms with Gasteiger partial charge in [-0.3, -0.25) is 9.36 Å². The van der Waals surface area contributed by atoms with Crippen LogP contribution in [0, 0.1) is 0 Å². The Morgan fingerprint density at radius 2 is 1.95 bits per heavy atom. The van der Waals surface area contributed by atoms with Gasteiger partial charge in [-0.1, -0.05) is 48.5 Å². The summed E-state index contributed by atoms with van der Waals surface area (Å²) >= 11 is 12.4. The molecule has 0 atom stereocenters. The lowest BCUT2D eigenvalue weighted by Gasteiger charge is -2.36. The number of hydrogen-bond acceptors (Lipinski definition) is 2. The summed E-state index contributed by atoms with van der Waals surface area (Å²) in [5.41, 5.74) is 0.313. The summed E-state index contributed by atoms with van der Waals surface area (Å²) in [5, 5.41) is 1.16. The van der Waals surface area contributed by atoms with Crippen LogP contribution in [-0.4, -0.2) is 15.5 Å². The monoisotopic (exact) mass is 322 g/mol. The lowest BCUT2D eigenvalue weighted by molar-refractivity contribution is 0.0747. The van der Waals surface area contributed by atoms with E-state index in [1.54, 1.807) is 35.4 Å². The van der Waals surface area contributed by atoms with Crippen LogP contribution in [-0.2, 0) is 5.41 Å². The minimum Gasteiger partial charge on any atom is -0.276 e. The highest BCUT2D eigenvalue weighted by Gasteiger charge is 2.43. The molecule has 3 rings (SSSR count). The van der Waals surface area contributed by atoms with Gasteiger partial charge in [0.2, 0.25) is 5.91 Å². The summed E-state index contributed by atoms with van der Waals surface area (Å²) in [6.07, 6.45) is 9.71. The van der Waals surface area contributed by atoms with Gasteiger partial charge < -0.3 is 0 Å². The summed E-state index contributed by atoms with van der Waals surface area (Å²) in [6.45, 7) is 0. The Kier molecular flexibility index (Phi) is 4.05. The minimum absolute atomic E-state index is 0.0453. The molecule has 0 bridgehead atoms. The van der Waals surface area contributed by atoms with Gasteiger partial charge in [0.05, 0.1) is 5.41 Å². The van der Waals surface area contributed by atoms with Crippen LogP contribution in [0.4, 0.5) is 0 Å². The summed E-state index contributed by atoms with van der Waals surface area (Å²) in [5.74, 6) is 0.0453. The molecular formula is C16H16Cl2N2O. The van der Waals surface area contributed by atoms with E-state index in [1.165, 1.54) is 0 Å². The SMILES string of the molecule is O=C(n1ccnc1)C1(c2ccc(Cl)cc2Cl)CCCCC1. The van der Waals surface area contributed by atoms with Crippen LogP contribution in [0.1, 0.15) is 42.5 Å². The topological polar surface area (TPSA) is 34.9 Å². The van der Waals surface area contributed by atoms with Crippen LogP contribution in [0.15, 0.2) is 36.9 Å². The van der Waals surface area contributed by atoms with Crippen molar-refractivity contribution in [3.05, 3.63) is 52.5 Å².